The van der Waals surface area contributed by atoms with E-state index in [4.69, 9.17) is 4.98 Å². The Kier molecular flexibility index (Phi) is 7.07. The van der Waals surface area contributed by atoms with Crippen molar-refractivity contribution in [3.63, 3.8) is 0 Å². The van der Waals surface area contributed by atoms with Gasteiger partial charge in [-0.15, -0.1) is 0 Å². The number of rotatable bonds is 7. The average Bonchev–Trinajstić information content (AvgIpc) is 2.88. The van der Waals surface area contributed by atoms with Gasteiger partial charge in [-0.1, -0.05) is 61.5 Å². The smallest absolute Gasteiger partial charge is 0.310 e. The Morgan fingerprint density at radius 3 is 2.29 bits per heavy atom. The minimum absolute atomic E-state index is 0.0924. The third-order valence-electron chi connectivity index (χ3n) is 6.12. The van der Waals surface area contributed by atoms with Crippen LogP contribution in [-0.2, 0) is 19.5 Å². The van der Waals surface area contributed by atoms with E-state index in [0.29, 0.717) is 29.8 Å². The second kappa shape index (κ2) is 10.3. The topological polar surface area (TPSA) is 67.2 Å². The lowest BCUT2D eigenvalue weighted by molar-refractivity contribution is 0.184. The molecule has 3 aromatic carbocycles. The van der Waals surface area contributed by atoms with E-state index >= 15 is 0 Å². The van der Waals surface area contributed by atoms with Crippen molar-refractivity contribution in [3.8, 4) is 0 Å². The highest BCUT2D eigenvalue weighted by molar-refractivity contribution is 5.89. The van der Waals surface area contributed by atoms with Crippen LogP contribution < -0.4 is 10.9 Å². The first-order valence-electron chi connectivity index (χ1n) is 11.7. The molecule has 34 heavy (non-hydrogen) atoms. The van der Waals surface area contributed by atoms with Gasteiger partial charge >= 0.3 is 6.03 Å². The Hall–Kier alpha value is -3.93. The van der Waals surface area contributed by atoms with Crippen LogP contribution in [0.5, 0.6) is 0 Å². The quantitative estimate of drug-likeness (QED) is 0.385. The van der Waals surface area contributed by atoms with E-state index in [1.807, 2.05) is 86.6 Å². The maximum Gasteiger partial charge on any atom is 0.322 e. The van der Waals surface area contributed by atoms with Gasteiger partial charge in [0, 0.05) is 18.8 Å². The third-order valence-corrected chi connectivity index (χ3v) is 6.12. The SMILES string of the molecule is CCc1ccc(NC(=O)N(Cc2ccccc2)C(C)c2nc3ccccc3c(=O)n2CC)cc1. The number of hydrogen-bond donors (Lipinski definition) is 1. The van der Waals surface area contributed by atoms with E-state index in [9.17, 15) is 9.59 Å². The molecule has 174 valence electrons. The Balaban J connectivity index is 1.73. The van der Waals surface area contributed by atoms with E-state index in [2.05, 4.69) is 12.2 Å². The summed E-state index contributed by atoms with van der Waals surface area (Å²) in [5, 5.41) is 3.60. The molecule has 4 aromatic rings. The van der Waals surface area contributed by atoms with Gasteiger partial charge in [-0.25, -0.2) is 9.78 Å². The fourth-order valence-corrected chi connectivity index (χ4v) is 4.13. The monoisotopic (exact) mass is 454 g/mol. The van der Waals surface area contributed by atoms with Gasteiger partial charge in [0.15, 0.2) is 0 Å². The van der Waals surface area contributed by atoms with Crippen molar-refractivity contribution in [1.29, 1.82) is 0 Å². The third kappa shape index (κ3) is 4.86. The molecule has 0 bridgehead atoms. The van der Waals surface area contributed by atoms with Crippen molar-refractivity contribution in [2.45, 2.75) is 46.3 Å². The predicted molar refractivity (Wildman–Crippen MR) is 137 cm³/mol. The van der Waals surface area contributed by atoms with Crippen LogP contribution in [0, 0.1) is 0 Å². The number of aryl methyl sites for hydroxylation is 1. The molecule has 0 aliphatic heterocycles. The predicted octanol–water partition coefficient (Wildman–Crippen LogP) is 5.77. The van der Waals surface area contributed by atoms with Gasteiger partial charge in [-0.3, -0.25) is 9.36 Å². The molecule has 6 nitrogen and oxygen atoms in total. The van der Waals surface area contributed by atoms with E-state index in [0.717, 1.165) is 17.7 Å². The highest BCUT2D eigenvalue weighted by Crippen LogP contribution is 2.24. The number of urea groups is 1. The Labute approximate surface area is 199 Å². The maximum atomic E-state index is 13.5. The molecule has 1 atom stereocenters. The summed E-state index contributed by atoms with van der Waals surface area (Å²) in [5.41, 5.74) is 3.48. The molecule has 0 fully saturated rings. The summed E-state index contributed by atoms with van der Waals surface area (Å²) in [6.07, 6.45) is 0.938. The maximum absolute atomic E-state index is 13.5. The molecule has 0 saturated carbocycles. The zero-order chi connectivity index (χ0) is 24.1. The minimum Gasteiger partial charge on any atom is -0.310 e. The number of nitrogens with zero attached hydrogens (tertiary/aromatic N) is 3. The molecule has 1 aromatic heterocycles. The molecule has 1 heterocycles. The number of carbonyl (C=O) groups is 1. The lowest BCUT2D eigenvalue weighted by Crippen LogP contribution is -2.39. The molecular formula is C28H30N4O2. The minimum atomic E-state index is -0.438. The summed E-state index contributed by atoms with van der Waals surface area (Å²) in [5.74, 6) is 0.568. The van der Waals surface area contributed by atoms with Gasteiger partial charge in [0.1, 0.15) is 5.82 Å². The van der Waals surface area contributed by atoms with Crippen LogP contribution in [0.25, 0.3) is 10.9 Å². The first-order chi connectivity index (χ1) is 16.5. The van der Waals surface area contributed by atoms with Crippen LogP contribution in [0.2, 0.25) is 0 Å². The summed E-state index contributed by atoms with van der Waals surface area (Å²) < 4.78 is 1.66. The number of nitrogens with one attached hydrogen (secondary N) is 1. The number of anilines is 1. The van der Waals surface area contributed by atoms with Crippen LogP contribution >= 0.6 is 0 Å². The number of carbonyl (C=O) groups excluding carboxylic acids is 1. The van der Waals surface area contributed by atoms with E-state index in [1.165, 1.54) is 5.56 Å². The Morgan fingerprint density at radius 2 is 1.62 bits per heavy atom. The molecule has 0 radical (unpaired) electrons. The van der Waals surface area contributed by atoms with Gasteiger partial charge < -0.3 is 10.2 Å². The second-order valence-electron chi connectivity index (χ2n) is 8.31. The fraction of sp³-hybridized carbons (Fsp3) is 0.250. The molecule has 0 saturated heterocycles. The number of amides is 2. The average molecular weight is 455 g/mol. The molecule has 1 unspecified atom stereocenters. The van der Waals surface area contributed by atoms with Crippen molar-refractivity contribution in [1.82, 2.24) is 14.5 Å². The van der Waals surface area contributed by atoms with E-state index in [1.54, 1.807) is 15.5 Å². The number of fused-ring (bicyclic) bond motifs is 1. The molecule has 0 aliphatic rings. The summed E-state index contributed by atoms with van der Waals surface area (Å²) >= 11 is 0. The van der Waals surface area contributed by atoms with Gasteiger partial charge in [0.2, 0.25) is 0 Å². The van der Waals surface area contributed by atoms with Crippen LogP contribution in [0.15, 0.2) is 83.7 Å². The van der Waals surface area contributed by atoms with Gasteiger partial charge in [0.05, 0.1) is 16.9 Å². The van der Waals surface area contributed by atoms with Gasteiger partial charge in [-0.05, 0) is 55.7 Å². The van der Waals surface area contributed by atoms with Crippen LogP contribution in [-0.4, -0.2) is 20.5 Å². The number of hydrogen-bond acceptors (Lipinski definition) is 3. The molecule has 4 rings (SSSR count). The highest BCUT2D eigenvalue weighted by Gasteiger charge is 2.26. The van der Waals surface area contributed by atoms with Crippen LogP contribution in [0.3, 0.4) is 0 Å². The summed E-state index contributed by atoms with van der Waals surface area (Å²) in [7, 11) is 0. The molecule has 6 heteroatoms. The molecule has 0 spiro atoms. The van der Waals surface area contributed by atoms with Gasteiger partial charge in [0.25, 0.3) is 5.56 Å². The summed E-state index contributed by atoms with van der Waals surface area (Å²) in [6.45, 7) is 6.79. The van der Waals surface area contributed by atoms with E-state index < -0.39 is 6.04 Å². The Bertz CT molecular complexity index is 1330. The number of para-hydroxylation sites is 1. The van der Waals surface area contributed by atoms with Crippen LogP contribution in [0.4, 0.5) is 10.5 Å². The van der Waals surface area contributed by atoms with Crippen molar-refractivity contribution in [3.05, 3.63) is 106 Å². The number of benzene rings is 3. The van der Waals surface area contributed by atoms with E-state index in [-0.39, 0.29) is 11.6 Å². The van der Waals surface area contributed by atoms with Crippen LogP contribution in [0.1, 0.15) is 43.8 Å². The normalized spacial score (nSPS) is 11.9. The standard InChI is InChI=1S/C28H30N4O2/c1-4-21-15-17-23(18-16-21)29-28(34)32(19-22-11-7-6-8-12-22)20(3)26-30-25-14-10-9-13-24(25)27(33)31(26)5-2/h6-18,20H,4-5,19H2,1-3H3,(H,29,34). The summed E-state index contributed by atoms with van der Waals surface area (Å²) in [6, 6.07) is 24.4. The zero-order valence-electron chi connectivity index (χ0n) is 19.9. The Morgan fingerprint density at radius 1 is 0.941 bits per heavy atom. The largest absolute Gasteiger partial charge is 0.322 e. The van der Waals surface area contributed by atoms with Crippen molar-refractivity contribution >= 4 is 22.6 Å². The molecule has 2 amide bonds. The van der Waals surface area contributed by atoms with Crippen molar-refractivity contribution in [2.24, 2.45) is 0 Å². The second-order valence-corrected chi connectivity index (χ2v) is 8.31. The number of aromatic nitrogens is 2. The van der Waals surface area contributed by atoms with Gasteiger partial charge in [-0.2, -0.15) is 0 Å². The van der Waals surface area contributed by atoms with Crippen molar-refractivity contribution < 1.29 is 4.79 Å². The molecule has 0 aliphatic carbocycles. The zero-order valence-corrected chi connectivity index (χ0v) is 19.9. The summed E-state index contributed by atoms with van der Waals surface area (Å²) in [4.78, 5) is 33.3. The first kappa shape index (κ1) is 23.2. The highest BCUT2D eigenvalue weighted by atomic mass is 16.2. The fourth-order valence-electron chi connectivity index (χ4n) is 4.13. The lowest BCUT2D eigenvalue weighted by atomic mass is 10.1. The van der Waals surface area contributed by atoms with Crippen molar-refractivity contribution in [2.75, 3.05) is 5.32 Å². The molecular weight excluding hydrogens is 424 g/mol. The first-order valence-corrected chi connectivity index (χ1v) is 11.7. The lowest BCUT2D eigenvalue weighted by Gasteiger charge is -2.30. The molecule has 1 N–H and O–H groups in total.